The Hall–Kier alpha value is -6.32. The van der Waals surface area contributed by atoms with Crippen LogP contribution in [0.2, 0.25) is 0 Å². The molecule has 16 heteroatoms. The van der Waals surface area contributed by atoms with E-state index >= 15 is 0 Å². The van der Waals surface area contributed by atoms with Crippen LogP contribution in [-0.4, -0.2) is 101 Å². The minimum Gasteiger partial charge on any atom is -0.465 e. The Kier molecular flexibility index (Phi) is 11.2. The number of ether oxygens (including phenoxy) is 1. The largest absolute Gasteiger partial charge is 0.465 e. The van der Waals surface area contributed by atoms with E-state index in [0.29, 0.717) is 30.6 Å². The van der Waals surface area contributed by atoms with E-state index < -0.39 is 24.3 Å². The van der Waals surface area contributed by atoms with Crippen molar-refractivity contribution in [3.8, 4) is 33.9 Å². The summed E-state index contributed by atoms with van der Waals surface area (Å²) in [5.41, 5.74) is 4.12. The van der Waals surface area contributed by atoms with Crippen LogP contribution in [-0.2, 0) is 14.3 Å². The molecule has 2 aliphatic heterocycles. The van der Waals surface area contributed by atoms with Crippen LogP contribution in [0.1, 0.15) is 77.1 Å². The number of alkyl carbamates (subject to hydrolysis) is 1. The SMILES string of the molecule is COC(=O)N[C@H](C(=O)N1CCC[C@H]1c1ncc(-c2cnc(-c3ccc4cc(-c5cnc([C@@H]6CCCN6C(=O)[C@@H](NC(=O)O)C(C)C)[nH]5)ccc4c3)nc2)[nH]1)C(C)C. The molecule has 2 aromatic carbocycles. The Bertz CT molecular complexity index is 2270. The predicted molar refractivity (Wildman–Crippen MR) is 211 cm³/mol. The van der Waals surface area contributed by atoms with E-state index in [2.05, 4.69) is 46.6 Å². The molecule has 2 fully saturated rings. The van der Waals surface area contributed by atoms with Gasteiger partial charge < -0.3 is 40.2 Å². The number of hydrogen-bond donors (Lipinski definition) is 5. The minimum atomic E-state index is -1.22. The summed E-state index contributed by atoms with van der Waals surface area (Å²) >= 11 is 0. The van der Waals surface area contributed by atoms with Crippen molar-refractivity contribution in [1.82, 2.24) is 50.3 Å². The second-order valence-electron chi connectivity index (χ2n) is 15.3. The number of benzene rings is 2. The molecule has 16 nitrogen and oxygen atoms in total. The fourth-order valence-corrected chi connectivity index (χ4v) is 7.81. The van der Waals surface area contributed by atoms with Gasteiger partial charge in [-0.15, -0.1) is 0 Å². The quantitative estimate of drug-likeness (QED) is 0.104. The number of methoxy groups -OCH3 is 1. The first-order chi connectivity index (χ1) is 27.4. The van der Waals surface area contributed by atoms with Gasteiger partial charge in [0, 0.05) is 42.2 Å². The van der Waals surface area contributed by atoms with Crippen LogP contribution in [0, 0.1) is 11.8 Å². The molecule has 0 bridgehead atoms. The molecule has 5 N–H and O–H groups in total. The van der Waals surface area contributed by atoms with Crippen molar-refractivity contribution in [2.75, 3.05) is 20.2 Å². The first-order valence-electron chi connectivity index (χ1n) is 19.3. The Labute approximate surface area is 329 Å². The van der Waals surface area contributed by atoms with Gasteiger partial charge in [0.25, 0.3) is 0 Å². The molecule has 4 amide bonds. The highest BCUT2D eigenvalue weighted by Crippen LogP contribution is 2.35. The Balaban J connectivity index is 1.03. The van der Waals surface area contributed by atoms with Gasteiger partial charge in [-0.2, -0.15) is 0 Å². The molecule has 2 saturated heterocycles. The maximum absolute atomic E-state index is 13.5. The summed E-state index contributed by atoms with van der Waals surface area (Å²) in [5, 5.41) is 16.4. The smallest absolute Gasteiger partial charge is 0.407 e. The molecule has 0 radical (unpaired) electrons. The number of aromatic amines is 2. The van der Waals surface area contributed by atoms with Crippen molar-refractivity contribution < 1.29 is 29.0 Å². The number of rotatable bonds is 11. The van der Waals surface area contributed by atoms with Crippen LogP contribution >= 0.6 is 0 Å². The average Bonchev–Trinajstić information content (AvgIpc) is 4.05. The van der Waals surface area contributed by atoms with Gasteiger partial charge in [-0.05, 0) is 60.4 Å². The summed E-state index contributed by atoms with van der Waals surface area (Å²) in [6, 6.07) is 10.1. The molecule has 0 spiro atoms. The van der Waals surface area contributed by atoms with Crippen LogP contribution in [0.5, 0.6) is 0 Å². The molecule has 3 aromatic heterocycles. The highest BCUT2D eigenvalue weighted by Gasteiger charge is 2.39. The zero-order valence-corrected chi connectivity index (χ0v) is 32.7. The van der Waals surface area contributed by atoms with Gasteiger partial charge in [0.05, 0.1) is 43.0 Å². The lowest BCUT2D eigenvalue weighted by molar-refractivity contribution is -0.136. The predicted octanol–water partition coefficient (Wildman–Crippen LogP) is 6.08. The van der Waals surface area contributed by atoms with E-state index in [4.69, 9.17) is 4.74 Å². The number of carbonyl (C=O) groups excluding carboxylic acids is 3. The van der Waals surface area contributed by atoms with Gasteiger partial charge in [-0.1, -0.05) is 52.0 Å². The van der Waals surface area contributed by atoms with Gasteiger partial charge >= 0.3 is 12.2 Å². The maximum Gasteiger partial charge on any atom is 0.407 e. The van der Waals surface area contributed by atoms with Crippen LogP contribution in [0.3, 0.4) is 0 Å². The third-order valence-corrected chi connectivity index (χ3v) is 10.9. The van der Waals surface area contributed by atoms with Crippen LogP contribution in [0.4, 0.5) is 9.59 Å². The van der Waals surface area contributed by atoms with Crippen molar-refractivity contribution in [2.45, 2.75) is 77.5 Å². The molecule has 298 valence electrons. The van der Waals surface area contributed by atoms with E-state index in [0.717, 1.165) is 64.5 Å². The number of H-pyrrole nitrogens is 2. The summed E-state index contributed by atoms with van der Waals surface area (Å²) in [6.45, 7) is 8.54. The lowest BCUT2D eigenvalue weighted by atomic mass is 10.0. The molecule has 57 heavy (non-hydrogen) atoms. The molecule has 7 rings (SSSR count). The van der Waals surface area contributed by atoms with E-state index in [1.54, 1.807) is 34.6 Å². The Morgan fingerprint density at radius 3 is 1.70 bits per heavy atom. The number of imidazole rings is 2. The number of amides is 4. The number of fused-ring (bicyclic) bond motifs is 1. The van der Waals surface area contributed by atoms with Crippen molar-refractivity contribution in [3.05, 3.63) is 72.8 Å². The van der Waals surface area contributed by atoms with E-state index in [9.17, 15) is 24.3 Å². The fraction of sp³-hybridized carbons (Fsp3) is 0.415. The van der Waals surface area contributed by atoms with Gasteiger partial charge in [-0.25, -0.2) is 29.5 Å². The summed E-state index contributed by atoms with van der Waals surface area (Å²) in [7, 11) is 1.28. The van der Waals surface area contributed by atoms with E-state index in [1.807, 2.05) is 58.0 Å². The zero-order valence-electron chi connectivity index (χ0n) is 32.7. The zero-order chi connectivity index (χ0) is 40.4. The van der Waals surface area contributed by atoms with Crippen LogP contribution in [0.25, 0.3) is 44.7 Å². The molecule has 0 saturated carbocycles. The number of carboxylic acid groups (broad SMARTS) is 1. The monoisotopic (exact) mass is 776 g/mol. The lowest BCUT2D eigenvalue weighted by Gasteiger charge is -2.30. The number of nitrogens with one attached hydrogen (secondary N) is 4. The molecular weight excluding hydrogens is 729 g/mol. The van der Waals surface area contributed by atoms with Crippen molar-refractivity contribution in [2.24, 2.45) is 11.8 Å². The first-order valence-corrected chi connectivity index (χ1v) is 19.3. The highest BCUT2D eigenvalue weighted by atomic mass is 16.5. The van der Waals surface area contributed by atoms with E-state index in [-0.39, 0.29) is 35.7 Å². The number of hydrogen-bond acceptors (Lipinski definition) is 9. The third kappa shape index (κ3) is 8.16. The second kappa shape index (κ2) is 16.4. The van der Waals surface area contributed by atoms with E-state index in [1.165, 1.54) is 7.11 Å². The maximum atomic E-state index is 13.5. The van der Waals surface area contributed by atoms with Gasteiger partial charge in [0.15, 0.2) is 5.82 Å². The molecule has 5 heterocycles. The minimum absolute atomic E-state index is 0.123. The molecule has 2 aliphatic rings. The van der Waals surface area contributed by atoms with Crippen molar-refractivity contribution >= 4 is 34.8 Å². The first kappa shape index (κ1) is 38.9. The second-order valence-corrected chi connectivity index (χ2v) is 15.3. The van der Waals surface area contributed by atoms with Crippen molar-refractivity contribution in [3.63, 3.8) is 0 Å². The Morgan fingerprint density at radius 1 is 0.702 bits per heavy atom. The summed E-state index contributed by atoms with van der Waals surface area (Å²) in [5.74, 6) is 1.20. The molecule has 4 atom stereocenters. The molecule has 5 aromatic rings. The third-order valence-electron chi connectivity index (χ3n) is 10.9. The Morgan fingerprint density at radius 2 is 1.19 bits per heavy atom. The normalized spacial score (nSPS) is 17.9. The number of likely N-dealkylation sites (tertiary alicyclic amines) is 2. The van der Waals surface area contributed by atoms with Crippen molar-refractivity contribution in [1.29, 1.82) is 0 Å². The van der Waals surface area contributed by atoms with Gasteiger partial charge in [0.1, 0.15) is 23.7 Å². The molecule has 0 aliphatic carbocycles. The summed E-state index contributed by atoms with van der Waals surface area (Å²) in [6.07, 6.45) is 8.26. The molecule has 0 unspecified atom stereocenters. The van der Waals surface area contributed by atoms with Crippen LogP contribution < -0.4 is 10.6 Å². The highest BCUT2D eigenvalue weighted by molar-refractivity contribution is 5.90. The number of aromatic nitrogens is 6. The topological polar surface area (TPSA) is 211 Å². The van der Waals surface area contributed by atoms with Gasteiger partial charge in [0.2, 0.25) is 11.8 Å². The number of carbonyl (C=O) groups is 4. The summed E-state index contributed by atoms with van der Waals surface area (Å²) in [4.78, 5) is 79.2. The number of nitrogens with zero attached hydrogens (tertiary/aromatic N) is 6. The average molecular weight is 777 g/mol. The summed E-state index contributed by atoms with van der Waals surface area (Å²) < 4.78 is 4.75. The lowest BCUT2D eigenvalue weighted by Crippen LogP contribution is -2.51. The molecular formula is C41H48N10O6. The van der Waals surface area contributed by atoms with Gasteiger partial charge in [-0.3, -0.25) is 9.59 Å². The fourth-order valence-electron chi connectivity index (χ4n) is 7.81. The van der Waals surface area contributed by atoms with Crippen LogP contribution in [0.15, 0.2) is 61.2 Å². The standard InChI is InChI=1S/C41H48N10O6/c1-22(2)33(48-40(54)55)38(52)50-14-6-8-31(50)36-44-20-29(46-36)26-12-10-25-17-27(13-11-24(25)16-26)35-42-18-28(19-43-35)30-21-45-37(47-30)32-9-7-15-51(32)39(53)34(23(3)4)49-41(56)57-5/h10-13,16-23,31-34,48H,6-9,14-15H2,1-5H3,(H,44,46)(H,45,47)(H,49,56)(H,54,55)/t31-,32-,33-,34-/m0/s1.